The number of imidazole rings is 1. The summed E-state index contributed by atoms with van der Waals surface area (Å²) in [6.45, 7) is 0.992. The van der Waals surface area contributed by atoms with Gasteiger partial charge in [0.25, 0.3) is 0 Å². The normalized spacial score (nSPS) is 28.3. The van der Waals surface area contributed by atoms with Gasteiger partial charge in [0.05, 0.1) is 19.5 Å². The molecule has 0 spiro atoms. The van der Waals surface area contributed by atoms with E-state index in [9.17, 15) is 15.3 Å². The number of aliphatic hydroxyl groups excluding tert-OH is 3. The van der Waals surface area contributed by atoms with E-state index in [1.165, 1.54) is 10.9 Å². The predicted molar refractivity (Wildman–Crippen MR) is 119 cm³/mol. The van der Waals surface area contributed by atoms with Crippen LogP contribution in [0.1, 0.15) is 19.1 Å². The highest BCUT2D eigenvalue weighted by Crippen LogP contribution is 2.33. The van der Waals surface area contributed by atoms with E-state index in [1.807, 2.05) is 35.3 Å². The van der Waals surface area contributed by atoms with Gasteiger partial charge in [-0.1, -0.05) is 18.2 Å². The molecule has 1 aromatic carbocycles. The molecule has 2 aliphatic heterocycles. The summed E-state index contributed by atoms with van der Waals surface area (Å²) in [6.07, 6.45) is -1.05. The quantitative estimate of drug-likeness (QED) is 0.380. The number of para-hydroxylation sites is 1. The van der Waals surface area contributed by atoms with Crippen molar-refractivity contribution in [2.75, 3.05) is 25.1 Å². The second kappa shape index (κ2) is 9.37. The van der Waals surface area contributed by atoms with E-state index >= 15 is 0 Å². The Kier molecular flexibility index (Phi) is 6.32. The van der Waals surface area contributed by atoms with E-state index in [1.54, 1.807) is 0 Å². The first-order chi connectivity index (χ1) is 16.0. The van der Waals surface area contributed by atoms with Crippen LogP contribution < -0.4 is 10.2 Å². The zero-order chi connectivity index (χ0) is 22.9. The molecule has 2 aromatic heterocycles. The third kappa shape index (κ3) is 4.47. The molecule has 2 saturated heterocycles. The molecule has 4 heterocycles. The molecule has 0 saturated carbocycles. The number of nitrogens with one attached hydrogen (secondary N) is 1. The molecule has 0 bridgehead atoms. The molecule has 5 unspecified atom stereocenters. The van der Waals surface area contributed by atoms with E-state index in [4.69, 9.17) is 21.1 Å². The van der Waals surface area contributed by atoms with E-state index < -0.39 is 31.1 Å². The molecule has 2 aliphatic rings. The molecule has 0 aliphatic carbocycles. The van der Waals surface area contributed by atoms with Gasteiger partial charge in [-0.25, -0.2) is 9.99 Å². The number of aromatic nitrogens is 4. The number of nitrogens with zero attached hydrogens (tertiary/aromatic N) is 5. The van der Waals surface area contributed by atoms with Crippen molar-refractivity contribution in [3.8, 4) is 5.75 Å². The van der Waals surface area contributed by atoms with Crippen molar-refractivity contribution < 1.29 is 24.8 Å². The summed E-state index contributed by atoms with van der Waals surface area (Å²) < 4.78 is 13.2. The first-order valence-electron chi connectivity index (χ1n) is 10.8. The lowest BCUT2D eigenvalue weighted by molar-refractivity contribution is -0.0511. The fourth-order valence-electron chi connectivity index (χ4n) is 4.24. The lowest BCUT2D eigenvalue weighted by atomic mass is 10.1. The summed E-state index contributed by atoms with van der Waals surface area (Å²) in [5, 5.41) is 31.9. The van der Waals surface area contributed by atoms with Crippen molar-refractivity contribution in [1.29, 1.82) is 0 Å². The third-order valence-corrected chi connectivity index (χ3v) is 6.04. The molecule has 176 valence electrons. The Morgan fingerprint density at radius 3 is 2.76 bits per heavy atom. The Balaban J connectivity index is 1.36. The predicted octanol–water partition coefficient (Wildman–Crippen LogP) is 0.961. The molecular formula is C21H25ClN6O5. The van der Waals surface area contributed by atoms with Crippen LogP contribution in [0.15, 0.2) is 36.7 Å². The average Bonchev–Trinajstić information content (AvgIpc) is 3.35. The second-order valence-corrected chi connectivity index (χ2v) is 8.49. The lowest BCUT2D eigenvalue weighted by Gasteiger charge is -2.33. The number of hydrogen-bond acceptors (Lipinski definition) is 10. The zero-order valence-electron chi connectivity index (χ0n) is 17.7. The molecule has 11 nitrogen and oxygen atoms in total. The minimum absolute atomic E-state index is 0.00686. The first-order valence-corrected chi connectivity index (χ1v) is 11.2. The van der Waals surface area contributed by atoms with Crippen LogP contribution in [-0.4, -0.2) is 84.0 Å². The molecule has 5 atom stereocenters. The first kappa shape index (κ1) is 22.3. The number of rotatable bonds is 6. The number of aliphatic hydroxyl groups is 3. The fraction of sp³-hybridized carbons (Fsp3) is 0.476. The minimum atomic E-state index is -1.26. The van der Waals surface area contributed by atoms with E-state index in [0.717, 1.165) is 25.1 Å². The lowest BCUT2D eigenvalue weighted by Crippen LogP contribution is -2.44. The number of fused-ring (bicyclic) bond motifs is 1. The zero-order valence-corrected chi connectivity index (χ0v) is 18.4. The van der Waals surface area contributed by atoms with Crippen molar-refractivity contribution >= 4 is 28.6 Å². The Morgan fingerprint density at radius 2 is 2.00 bits per heavy atom. The summed E-state index contributed by atoms with van der Waals surface area (Å²) in [4.78, 5) is 12.9. The van der Waals surface area contributed by atoms with E-state index in [2.05, 4.69) is 20.4 Å². The molecule has 4 N–H and O–H groups in total. The van der Waals surface area contributed by atoms with Crippen molar-refractivity contribution in [3.05, 3.63) is 41.9 Å². The minimum Gasteiger partial charge on any atom is -0.489 e. The number of piperidine rings is 1. The maximum Gasteiger partial charge on any atom is 0.226 e. The molecule has 0 amide bonds. The van der Waals surface area contributed by atoms with Crippen LogP contribution >= 0.6 is 11.6 Å². The maximum absolute atomic E-state index is 10.4. The smallest absolute Gasteiger partial charge is 0.226 e. The third-order valence-electron chi connectivity index (χ3n) is 5.87. The molecule has 5 rings (SSSR count). The number of benzene rings is 1. The number of hydrogen-bond donors (Lipinski definition) is 4. The molecule has 3 aromatic rings. The van der Waals surface area contributed by atoms with Crippen molar-refractivity contribution in [2.45, 2.75) is 43.5 Å². The average molecular weight is 477 g/mol. The summed E-state index contributed by atoms with van der Waals surface area (Å²) in [5.41, 5.74) is 4.04. The van der Waals surface area contributed by atoms with Gasteiger partial charge in [0.1, 0.15) is 30.2 Å². The van der Waals surface area contributed by atoms with Crippen LogP contribution in [0.4, 0.5) is 5.82 Å². The van der Waals surface area contributed by atoms with Crippen LogP contribution in [0.2, 0.25) is 5.28 Å². The largest absolute Gasteiger partial charge is 0.489 e. The maximum atomic E-state index is 10.4. The summed E-state index contributed by atoms with van der Waals surface area (Å²) in [7, 11) is 0. The highest BCUT2D eigenvalue weighted by Gasteiger charge is 2.44. The highest BCUT2D eigenvalue weighted by molar-refractivity contribution is 6.28. The summed E-state index contributed by atoms with van der Waals surface area (Å²) in [5.74, 6) is 1.24. The fourth-order valence-corrected chi connectivity index (χ4v) is 4.41. The Labute approximate surface area is 194 Å². The topological polar surface area (TPSA) is 138 Å². The van der Waals surface area contributed by atoms with E-state index in [0.29, 0.717) is 23.5 Å². The van der Waals surface area contributed by atoms with E-state index in [-0.39, 0.29) is 11.4 Å². The van der Waals surface area contributed by atoms with Gasteiger partial charge in [0.15, 0.2) is 23.2 Å². The van der Waals surface area contributed by atoms with Gasteiger partial charge in [-0.05, 0) is 36.6 Å². The van der Waals surface area contributed by atoms with Crippen molar-refractivity contribution in [1.82, 2.24) is 24.5 Å². The Bertz CT molecular complexity index is 1100. The number of halogens is 1. The van der Waals surface area contributed by atoms with Crippen molar-refractivity contribution in [3.63, 3.8) is 0 Å². The molecule has 0 radical (unpaired) electrons. The number of hydrazine groups is 1. The van der Waals surface area contributed by atoms with Crippen LogP contribution in [-0.2, 0) is 4.74 Å². The molecular weight excluding hydrogens is 452 g/mol. The van der Waals surface area contributed by atoms with Gasteiger partial charge in [-0.3, -0.25) is 4.57 Å². The Hall–Kier alpha value is -2.54. The molecule has 12 heteroatoms. The van der Waals surface area contributed by atoms with Gasteiger partial charge in [0.2, 0.25) is 5.28 Å². The SMILES string of the molecule is OCC1OC(n2cnc3c(NN4CCCC(Oc5ccccc5)C4)nc(Cl)nc32)C(O)C1O. The molecule has 2 fully saturated rings. The number of anilines is 1. The van der Waals surface area contributed by atoms with Crippen LogP contribution in [0.25, 0.3) is 11.2 Å². The van der Waals surface area contributed by atoms with Crippen LogP contribution in [0.3, 0.4) is 0 Å². The second-order valence-electron chi connectivity index (χ2n) is 8.15. The number of ether oxygens (including phenoxy) is 2. The van der Waals surface area contributed by atoms with Crippen LogP contribution in [0.5, 0.6) is 5.75 Å². The van der Waals surface area contributed by atoms with Gasteiger partial charge in [0, 0.05) is 6.54 Å². The highest BCUT2D eigenvalue weighted by atomic mass is 35.5. The summed E-state index contributed by atoms with van der Waals surface area (Å²) in [6, 6.07) is 9.70. The van der Waals surface area contributed by atoms with Crippen LogP contribution in [0, 0.1) is 0 Å². The standard InChI is InChI=1S/C21H25ClN6O5/c22-21-24-18(26-27-8-4-7-13(9-27)32-12-5-2-1-3-6-12)15-19(25-21)28(11-23-15)20-17(31)16(30)14(10-29)33-20/h1-3,5-6,11,13-14,16-17,20,29-31H,4,7-10H2,(H,24,25,26). The van der Waals surface area contributed by atoms with Crippen molar-refractivity contribution in [2.24, 2.45) is 0 Å². The van der Waals surface area contributed by atoms with Gasteiger partial charge in [-0.15, -0.1) is 0 Å². The van der Waals surface area contributed by atoms with Gasteiger partial charge >= 0.3 is 0 Å². The van der Waals surface area contributed by atoms with Gasteiger partial charge in [-0.2, -0.15) is 9.97 Å². The molecule has 33 heavy (non-hydrogen) atoms. The monoisotopic (exact) mass is 476 g/mol. The summed E-state index contributed by atoms with van der Waals surface area (Å²) >= 11 is 6.19. The Morgan fingerprint density at radius 1 is 1.18 bits per heavy atom. The van der Waals surface area contributed by atoms with Gasteiger partial charge < -0.3 is 30.2 Å².